The maximum Gasteiger partial charge on any atom is 0.308 e. The van der Waals surface area contributed by atoms with E-state index < -0.39 is 16.0 Å². The average molecular weight is 395 g/mol. The van der Waals surface area contributed by atoms with Crippen molar-refractivity contribution in [3.63, 3.8) is 0 Å². The number of esters is 1. The summed E-state index contributed by atoms with van der Waals surface area (Å²) >= 11 is 0. The quantitative estimate of drug-likeness (QED) is 0.635. The number of fused-ring (bicyclic) bond motifs is 1. The fourth-order valence-electron chi connectivity index (χ4n) is 2.72. The number of nitrogens with zero attached hydrogens (tertiary/aromatic N) is 2. The van der Waals surface area contributed by atoms with E-state index in [0.29, 0.717) is 18.7 Å². The number of amidine groups is 1. The Morgan fingerprint density at radius 1 is 1.15 bits per heavy atom. The molecule has 1 aromatic rings. The van der Waals surface area contributed by atoms with Crippen molar-refractivity contribution in [2.45, 2.75) is 38.0 Å². The van der Waals surface area contributed by atoms with E-state index in [1.165, 1.54) is 6.07 Å². The Labute approximate surface area is 159 Å². The predicted octanol–water partition coefficient (Wildman–Crippen LogP) is 1.31. The van der Waals surface area contributed by atoms with Gasteiger partial charge in [0.05, 0.1) is 17.9 Å². The summed E-state index contributed by atoms with van der Waals surface area (Å²) in [6.07, 6.45) is 1.64. The molecule has 0 saturated carbocycles. The zero-order chi connectivity index (χ0) is 19.9. The third-order valence-corrected chi connectivity index (χ3v) is 5.34. The number of nitrogens with one attached hydrogen (secondary N) is 1. The zero-order valence-corrected chi connectivity index (χ0v) is 16.4. The van der Waals surface area contributed by atoms with Crippen LogP contribution in [0.2, 0.25) is 0 Å². The van der Waals surface area contributed by atoms with Crippen LogP contribution in [0.4, 0.5) is 0 Å². The van der Waals surface area contributed by atoms with Crippen LogP contribution in [0.5, 0.6) is 0 Å². The Balaban J connectivity index is 1.85. The molecule has 148 valence electrons. The Kier molecular flexibility index (Phi) is 7.35. The standard InChI is InChI=1S/C18H25N3O5S/c1-3-11-21(12-4-2)16(22)13-26-17(23)9-10-19-18-14-7-5-6-8-15(14)27(24,25)20-18/h5-8H,3-4,9-13H2,1-2H3,(H,19,20). The number of rotatable bonds is 9. The number of aliphatic imine (C=N–C) groups is 1. The lowest BCUT2D eigenvalue weighted by Gasteiger charge is -2.21. The number of sulfonamides is 1. The predicted molar refractivity (Wildman–Crippen MR) is 101 cm³/mol. The summed E-state index contributed by atoms with van der Waals surface area (Å²) in [6, 6.07) is 6.50. The minimum atomic E-state index is -3.59. The van der Waals surface area contributed by atoms with Crippen LogP contribution in [0, 0.1) is 0 Å². The molecule has 1 heterocycles. The monoisotopic (exact) mass is 395 g/mol. The van der Waals surface area contributed by atoms with Crippen LogP contribution in [0.15, 0.2) is 34.2 Å². The van der Waals surface area contributed by atoms with Crippen LogP contribution in [0.1, 0.15) is 38.7 Å². The fourth-order valence-corrected chi connectivity index (χ4v) is 3.97. The molecule has 0 saturated heterocycles. The molecule has 1 aliphatic heterocycles. The van der Waals surface area contributed by atoms with Crippen molar-refractivity contribution in [1.82, 2.24) is 9.62 Å². The van der Waals surface area contributed by atoms with Crippen molar-refractivity contribution < 1.29 is 22.7 Å². The van der Waals surface area contributed by atoms with Gasteiger partial charge in [-0.1, -0.05) is 26.0 Å². The summed E-state index contributed by atoms with van der Waals surface area (Å²) in [5.41, 5.74) is 0.482. The number of carbonyl (C=O) groups excluding carboxylic acids is 2. The van der Waals surface area contributed by atoms with Crippen LogP contribution in [-0.2, 0) is 24.3 Å². The Morgan fingerprint density at radius 3 is 2.48 bits per heavy atom. The second kappa shape index (κ2) is 9.50. The van der Waals surface area contributed by atoms with Gasteiger partial charge in [0.15, 0.2) is 6.61 Å². The van der Waals surface area contributed by atoms with Gasteiger partial charge >= 0.3 is 5.97 Å². The van der Waals surface area contributed by atoms with Crippen LogP contribution < -0.4 is 4.72 Å². The van der Waals surface area contributed by atoms with E-state index in [4.69, 9.17) is 4.74 Å². The smallest absolute Gasteiger partial charge is 0.308 e. The molecular weight excluding hydrogens is 370 g/mol. The van der Waals surface area contributed by atoms with E-state index in [0.717, 1.165) is 12.8 Å². The highest BCUT2D eigenvalue weighted by molar-refractivity contribution is 7.90. The molecule has 1 amide bonds. The molecule has 0 atom stereocenters. The van der Waals surface area contributed by atoms with Crippen LogP contribution in [0.25, 0.3) is 0 Å². The summed E-state index contributed by atoms with van der Waals surface area (Å²) in [7, 11) is -3.59. The first-order valence-corrected chi connectivity index (χ1v) is 10.5. The maximum absolute atomic E-state index is 12.1. The van der Waals surface area contributed by atoms with Crippen LogP contribution in [-0.4, -0.2) is 57.3 Å². The summed E-state index contributed by atoms with van der Waals surface area (Å²) in [4.78, 5) is 29.9. The van der Waals surface area contributed by atoms with Gasteiger partial charge in [0.25, 0.3) is 15.9 Å². The van der Waals surface area contributed by atoms with Crippen LogP contribution in [0.3, 0.4) is 0 Å². The highest BCUT2D eigenvalue weighted by Crippen LogP contribution is 2.22. The molecule has 0 fully saturated rings. The summed E-state index contributed by atoms with van der Waals surface area (Å²) in [5.74, 6) is -0.544. The normalized spacial score (nSPS) is 15.9. The van der Waals surface area contributed by atoms with E-state index in [9.17, 15) is 18.0 Å². The van der Waals surface area contributed by atoms with Crippen molar-refractivity contribution >= 4 is 27.7 Å². The van der Waals surface area contributed by atoms with Gasteiger partial charge in [-0.05, 0) is 25.0 Å². The van der Waals surface area contributed by atoms with Gasteiger partial charge in [0, 0.05) is 18.7 Å². The molecule has 9 heteroatoms. The van der Waals surface area contributed by atoms with Crippen LogP contribution >= 0.6 is 0 Å². The summed E-state index contributed by atoms with van der Waals surface area (Å²) in [6.45, 7) is 5.01. The topological polar surface area (TPSA) is 105 Å². The van der Waals surface area contributed by atoms with E-state index >= 15 is 0 Å². The van der Waals surface area contributed by atoms with Crippen molar-refractivity contribution in [1.29, 1.82) is 0 Å². The number of ether oxygens (including phenoxy) is 1. The molecule has 1 aliphatic rings. The molecule has 0 radical (unpaired) electrons. The zero-order valence-electron chi connectivity index (χ0n) is 15.6. The SMILES string of the molecule is CCCN(CCC)C(=O)COC(=O)CCN=C1NS(=O)(=O)c2ccccc21. The molecule has 0 bridgehead atoms. The van der Waals surface area contributed by atoms with E-state index in [1.54, 1.807) is 23.1 Å². The molecule has 0 aromatic heterocycles. The second-order valence-corrected chi connectivity index (χ2v) is 7.77. The minimum Gasteiger partial charge on any atom is -0.456 e. The average Bonchev–Trinajstić information content (AvgIpc) is 2.90. The molecule has 1 N–H and O–H groups in total. The Bertz CT molecular complexity index is 814. The molecular formula is C18H25N3O5S. The van der Waals surface area contributed by atoms with Gasteiger partial charge in [-0.2, -0.15) is 0 Å². The van der Waals surface area contributed by atoms with Crippen molar-refractivity contribution in [3.05, 3.63) is 29.8 Å². The lowest BCUT2D eigenvalue weighted by molar-refractivity contribution is -0.151. The van der Waals surface area contributed by atoms with E-state index in [1.807, 2.05) is 13.8 Å². The molecule has 0 aliphatic carbocycles. The number of carbonyl (C=O) groups is 2. The number of hydrogen-bond donors (Lipinski definition) is 1. The van der Waals surface area contributed by atoms with E-state index in [-0.39, 0.29) is 36.2 Å². The molecule has 1 aromatic carbocycles. The van der Waals surface area contributed by atoms with Gasteiger partial charge in [-0.25, -0.2) is 8.42 Å². The van der Waals surface area contributed by atoms with Gasteiger partial charge in [0.2, 0.25) is 0 Å². The number of amides is 1. The van der Waals surface area contributed by atoms with Crippen molar-refractivity contribution in [3.8, 4) is 0 Å². The fraction of sp³-hybridized carbons (Fsp3) is 0.500. The molecule has 0 spiro atoms. The molecule has 0 unspecified atom stereocenters. The van der Waals surface area contributed by atoms with Gasteiger partial charge in [-0.3, -0.25) is 19.3 Å². The van der Waals surface area contributed by atoms with Crippen molar-refractivity contribution in [2.75, 3.05) is 26.2 Å². The van der Waals surface area contributed by atoms with Crippen molar-refractivity contribution in [2.24, 2.45) is 4.99 Å². The van der Waals surface area contributed by atoms with Gasteiger partial charge in [0.1, 0.15) is 5.84 Å². The third kappa shape index (κ3) is 5.53. The molecule has 27 heavy (non-hydrogen) atoms. The maximum atomic E-state index is 12.1. The summed E-state index contributed by atoms with van der Waals surface area (Å²) < 4.78 is 31.4. The first kappa shape index (κ1) is 20.9. The number of benzene rings is 1. The first-order chi connectivity index (χ1) is 12.9. The number of hydrogen-bond acceptors (Lipinski definition) is 6. The van der Waals surface area contributed by atoms with Gasteiger partial charge in [-0.15, -0.1) is 0 Å². The lowest BCUT2D eigenvalue weighted by atomic mass is 10.2. The largest absolute Gasteiger partial charge is 0.456 e. The minimum absolute atomic E-state index is 0.0395. The van der Waals surface area contributed by atoms with E-state index in [2.05, 4.69) is 9.71 Å². The lowest BCUT2D eigenvalue weighted by Crippen LogP contribution is -2.36. The van der Waals surface area contributed by atoms with Gasteiger partial charge < -0.3 is 9.64 Å². The highest BCUT2D eigenvalue weighted by atomic mass is 32.2. The Hall–Kier alpha value is -2.42. The molecule has 8 nitrogen and oxygen atoms in total. The first-order valence-electron chi connectivity index (χ1n) is 8.99. The summed E-state index contributed by atoms with van der Waals surface area (Å²) in [5, 5.41) is 0. The highest BCUT2D eigenvalue weighted by Gasteiger charge is 2.30. The molecule has 2 rings (SSSR count). The Morgan fingerprint density at radius 2 is 1.81 bits per heavy atom. The third-order valence-electron chi connectivity index (χ3n) is 3.94. The second-order valence-electron chi connectivity index (χ2n) is 6.12.